The second-order valence-electron chi connectivity index (χ2n) is 11.2. The minimum atomic E-state index is 0.272. The van der Waals surface area contributed by atoms with Crippen LogP contribution in [0.1, 0.15) is 56.0 Å². The number of fused-ring (bicyclic) bond motifs is 2. The predicted molar refractivity (Wildman–Crippen MR) is 164 cm³/mol. The topological polar surface area (TPSA) is 0 Å². The van der Waals surface area contributed by atoms with Crippen molar-refractivity contribution in [1.82, 2.24) is 0 Å². The molecule has 0 nitrogen and oxygen atoms in total. The van der Waals surface area contributed by atoms with Gasteiger partial charge in [-0.15, -0.1) is 0 Å². The molecule has 0 bridgehead atoms. The lowest BCUT2D eigenvalue weighted by molar-refractivity contribution is 0.805. The van der Waals surface area contributed by atoms with Crippen molar-refractivity contribution in [3.63, 3.8) is 0 Å². The van der Waals surface area contributed by atoms with Gasteiger partial charge in [0.15, 0.2) is 0 Å². The molecule has 0 fully saturated rings. The van der Waals surface area contributed by atoms with Crippen molar-refractivity contribution in [1.29, 1.82) is 0 Å². The van der Waals surface area contributed by atoms with Gasteiger partial charge in [0.25, 0.3) is 0 Å². The Kier molecular flexibility index (Phi) is 6.54. The molecule has 0 aromatic heterocycles. The number of aryl methyl sites for hydroxylation is 4. The molecule has 1 heteroatoms. The number of rotatable bonds is 5. The maximum atomic E-state index is 2.41. The molecule has 1 aliphatic heterocycles. The van der Waals surface area contributed by atoms with E-state index in [-0.39, 0.29) is 6.71 Å². The number of hydrogen-bond donors (Lipinski definition) is 0. The van der Waals surface area contributed by atoms with Gasteiger partial charge < -0.3 is 0 Å². The monoisotopic (exact) mass is 490 g/mol. The fraction of sp³-hybridized carbons (Fsp3) is 0.189. The Morgan fingerprint density at radius 2 is 1.08 bits per heavy atom. The van der Waals surface area contributed by atoms with Crippen LogP contribution in [-0.4, -0.2) is 6.71 Å². The molecule has 0 aliphatic carbocycles. The van der Waals surface area contributed by atoms with E-state index < -0.39 is 0 Å². The van der Waals surface area contributed by atoms with Crippen molar-refractivity contribution in [2.24, 2.45) is 0 Å². The van der Waals surface area contributed by atoms with Crippen molar-refractivity contribution in [3.8, 4) is 0 Å². The molecular weight excluding hydrogens is 455 g/mol. The normalized spacial score (nSPS) is 13.1. The summed E-state index contributed by atoms with van der Waals surface area (Å²) in [5.74, 6) is 0.326. The van der Waals surface area contributed by atoms with Crippen LogP contribution in [-0.2, 0) is 12.8 Å². The molecule has 0 N–H and O–H groups in total. The third-order valence-corrected chi connectivity index (χ3v) is 8.35. The first-order valence-electron chi connectivity index (χ1n) is 13.9. The van der Waals surface area contributed by atoms with Gasteiger partial charge in [-0.3, -0.25) is 0 Å². The van der Waals surface area contributed by atoms with E-state index in [1.54, 1.807) is 0 Å². The molecule has 1 aliphatic rings. The molecule has 5 aromatic carbocycles. The Morgan fingerprint density at radius 1 is 0.579 bits per heavy atom. The van der Waals surface area contributed by atoms with Crippen LogP contribution in [0.3, 0.4) is 0 Å². The molecule has 1 unspecified atom stereocenters. The average Bonchev–Trinajstić information content (AvgIpc) is 2.91. The second-order valence-corrected chi connectivity index (χ2v) is 11.2. The third-order valence-electron chi connectivity index (χ3n) is 8.35. The van der Waals surface area contributed by atoms with Gasteiger partial charge in [0, 0.05) is 5.92 Å². The summed E-state index contributed by atoms with van der Waals surface area (Å²) >= 11 is 0. The molecule has 0 radical (unpaired) electrons. The van der Waals surface area contributed by atoms with Crippen molar-refractivity contribution in [3.05, 3.63) is 159 Å². The van der Waals surface area contributed by atoms with Crippen LogP contribution in [0.4, 0.5) is 0 Å². The molecule has 0 saturated heterocycles. The van der Waals surface area contributed by atoms with Crippen molar-refractivity contribution in [2.45, 2.75) is 46.5 Å². The zero-order valence-electron chi connectivity index (χ0n) is 23.0. The number of hydrogen-bond acceptors (Lipinski definition) is 0. The van der Waals surface area contributed by atoms with E-state index in [1.807, 2.05) is 0 Å². The molecule has 186 valence electrons. The molecule has 1 heterocycles. The lowest BCUT2D eigenvalue weighted by Crippen LogP contribution is -2.58. The molecule has 0 amide bonds. The van der Waals surface area contributed by atoms with Gasteiger partial charge in [0.2, 0.25) is 6.71 Å². The fourth-order valence-corrected chi connectivity index (χ4v) is 6.82. The highest BCUT2D eigenvalue weighted by molar-refractivity contribution is 6.97. The van der Waals surface area contributed by atoms with Gasteiger partial charge in [-0.25, -0.2) is 0 Å². The van der Waals surface area contributed by atoms with Crippen LogP contribution in [0.5, 0.6) is 0 Å². The van der Waals surface area contributed by atoms with Gasteiger partial charge in [0.1, 0.15) is 0 Å². The van der Waals surface area contributed by atoms with Crippen LogP contribution < -0.4 is 16.4 Å². The van der Waals surface area contributed by atoms with Crippen molar-refractivity contribution < 1.29 is 0 Å². The standard InChI is InChI=1S/C37H35B/c1-25-19-27(3)36-32(21-25)24-33-22-26(2)20-28(4)37(33)38(36)34-17-15-31(16-18-34)35(30-13-9-6-10-14-30)23-29-11-7-5-8-12-29/h5-22,35H,23-24H2,1-4H3. The molecular formula is C37H35B. The SMILES string of the molecule is Cc1cc(C)c2c(c1)Cc1cc(C)cc(C)c1B2c1ccc(C(Cc2ccccc2)c2ccccc2)cc1. The summed E-state index contributed by atoms with van der Waals surface area (Å²) in [4.78, 5) is 0. The summed E-state index contributed by atoms with van der Waals surface area (Å²) in [6, 6.07) is 41.0. The highest BCUT2D eigenvalue weighted by Crippen LogP contribution is 2.29. The van der Waals surface area contributed by atoms with E-state index in [0.29, 0.717) is 5.92 Å². The first-order valence-corrected chi connectivity index (χ1v) is 13.9. The van der Waals surface area contributed by atoms with E-state index >= 15 is 0 Å². The van der Waals surface area contributed by atoms with Crippen molar-refractivity contribution >= 4 is 23.1 Å². The van der Waals surface area contributed by atoms with Gasteiger partial charge in [0.05, 0.1) is 0 Å². The molecule has 38 heavy (non-hydrogen) atoms. The second kappa shape index (κ2) is 10.1. The van der Waals surface area contributed by atoms with Crippen LogP contribution >= 0.6 is 0 Å². The largest absolute Gasteiger partial charge is 0.242 e. The maximum absolute atomic E-state index is 2.41. The predicted octanol–water partition coefficient (Wildman–Crippen LogP) is 6.72. The van der Waals surface area contributed by atoms with Crippen LogP contribution in [0.2, 0.25) is 0 Å². The van der Waals surface area contributed by atoms with Gasteiger partial charge in [-0.1, -0.05) is 148 Å². The third kappa shape index (κ3) is 4.63. The smallest absolute Gasteiger partial charge is 0.0686 e. The van der Waals surface area contributed by atoms with Gasteiger partial charge in [-0.2, -0.15) is 0 Å². The van der Waals surface area contributed by atoms with Crippen molar-refractivity contribution in [2.75, 3.05) is 0 Å². The first-order chi connectivity index (χ1) is 18.5. The molecule has 0 spiro atoms. The van der Waals surface area contributed by atoms with E-state index in [2.05, 4.69) is 137 Å². The van der Waals surface area contributed by atoms with Crippen LogP contribution in [0.25, 0.3) is 0 Å². The summed E-state index contributed by atoms with van der Waals surface area (Å²) in [6.45, 7) is 9.32. The maximum Gasteiger partial charge on any atom is 0.242 e. The zero-order valence-corrected chi connectivity index (χ0v) is 23.0. The average molecular weight is 490 g/mol. The van der Waals surface area contributed by atoms with E-state index in [4.69, 9.17) is 0 Å². The zero-order chi connectivity index (χ0) is 26.2. The molecule has 5 aromatic rings. The molecule has 0 saturated carbocycles. The molecule has 1 atom stereocenters. The summed E-state index contributed by atoms with van der Waals surface area (Å²) in [6.07, 6.45) is 2.02. The lowest BCUT2D eigenvalue weighted by atomic mass is 9.32. The van der Waals surface area contributed by atoms with E-state index in [9.17, 15) is 0 Å². The Bertz CT molecular complexity index is 1520. The summed E-state index contributed by atoms with van der Waals surface area (Å²) in [5, 5.41) is 0. The van der Waals surface area contributed by atoms with E-state index in [1.165, 1.54) is 66.5 Å². The summed E-state index contributed by atoms with van der Waals surface area (Å²) < 4.78 is 0. The minimum Gasteiger partial charge on any atom is -0.0686 e. The van der Waals surface area contributed by atoms with Crippen LogP contribution in [0.15, 0.2) is 109 Å². The molecule has 6 rings (SSSR count). The van der Waals surface area contributed by atoms with Crippen LogP contribution in [0, 0.1) is 27.7 Å². The van der Waals surface area contributed by atoms with Gasteiger partial charge in [-0.05, 0) is 68.4 Å². The van der Waals surface area contributed by atoms with E-state index in [0.717, 1.165) is 12.8 Å². The summed E-state index contributed by atoms with van der Waals surface area (Å²) in [5.41, 5.74) is 17.0. The highest BCUT2D eigenvalue weighted by atomic mass is 14.2. The Balaban J connectivity index is 1.45. The Hall–Kier alpha value is -3.84. The Labute approximate surface area is 228 Å². The minimum absolute atomic E-state index is 0.272. The lowest BCUT2D eigenvalue weighted by Gasteiger charge is -2.31. The quantitative estimate of drug-likeness (QED) is 0.236. The fourth-order valence-electron chi connectivity index (χ4n) is 6.82. The van der Waals surface area contributed by atoms with Gasteiger partial charge >= 0.3 is 0 Å². The first kappa shape index (κ1) is 24.5. The number of benzene rings is 5. The highest BCUT2D eigenvalue weighted by Gasteiger charge is 2.33. The summed E-state index contributed by atoms with van der Waals surface area (Å²) in [7, 11) is 0. The Morgan fingerprint density at radius 3 is 1.63 bits per heavy atom.